The van der Waals surface area contributed by atoms with E-state index in [1.165, 1.54) is 0 Å². The van der Waals surface area contributed by atoms with E-state index in [2.05, 4.69) is 36.8 Å². The number of methoxy groups -OCH3 is 1. The summed E-state index contributed by atoms with van der Waals surface area (Å²) in [6, 6.07) is 5.52. The fourth-order valence-electron chi connectivity index (χ4n) is 1.96. The summed E-state index contributed by atoms with van der Waals surface area (Å²) in [6.07, 6.45) is 1.61. The van der Waals surface area contributed by atoms with Gasteiger partial charge in [0, 0.05) is 20.7 Å². The zero-order valence-corrected chi connectivity index (χ0v) is 14.5. The zero-order valence-electron chi connectivity index (χ0n) is 11.3. The Morgan fingerprint density at radius 1 is 1.15 bits per heavy atom. The van der Waals surface area contributed by atoms with Crippen LogP contribution in [0.2, 0.25) is 0 Å². The summed E-state index contributed by atoms with van der Waals surface area (Å²) < 4.78 is 6.76. The van der Waals surface area contributed by atoms with Crippen molar-refractivity contribution in [1.82, 2.24) is 4.98 Å². The van der Waals surface area contributed by atoms with E-state index >= 15 is 0 Å². The Kier molecular flexibility index (Phi) is 4.60. The van der Waals surface area contributed by atoms with Gasteiger partial charge in [-0.25, -0.2) is 0 Å². The van der Waals surface area contributed by atoms with Gasteiger partial charge in [-0.05, 0) is 75.0 Å². The lowest BCUT2D eigenvalue weighted by molar-refractivity contribution is 0.103. The van der Waals surface area contributed by atoms with E-state index in [0.717, 1.165) is 21.3 Å². The van der Waals surface area contributed by atoms with Crippen LogP contribution in [0.25, 0.3) is 0 Å². The Hall–Kier alpha value is -1.20. The number of halogens is 2. The lowest BCUT2D eigenvalue weighted by atomic mass is 9.99. The monoisotopic (exact) mass is 397 g/mol. The van der Waals surface area contributed by atoms with Gasteiger partial charge in [0.25, 0.3) is 0 Å². The largest absolute Gasteiger partial charge is 0.496 e. The molecule has 104 valence electrons. The van der Waals surface area contributed by atoms with Crippen molar-refractivity contribution in [3.63, 3.8) is 0 Å². The van der Waals surface area contributed by atoms with Crippen molar-refractivity contribution in [2.24, 2.45) is 0 Å². The Balaban J connectivity index is 2.51. The molecule has 20 heavy (non-hydrogen) atoms. The zero-order chi connectivity index (χ0) is 14.9. The third-order valence-corrected chi connectivity index (χ3v) is 4.05. The van der Waals surface area contributed by atoms with Gasteiger partial charge in [0.1, 0.15) is 11.4 Å². The number of carbonyl (C=O) groups is 1. The van der Waals surface area contributed by atoms with Gasteiger partial charge in [0.15, 0.2) is 0 Å². The second kappa shape index (κ2) is 6.06. The fourth-order valence-corrected chi connectivity index (χ4v) is 3.13. The quantitative estimate of drug-likeness (QED) is 0.716. The van der Waals surface area contributed by atoms with Gasteiger partial charge in [-0.15, -0.1) is 0 Å². The molecule has 0 bridgehead atoms. The molecule has 3 nitrogen and oxygen atoms in total. The summed E-state index contributed by atoms with van der Waals surface area (Å²) in [5, 5.41) is 0. The van der Waals surface area contributed by atoms with Crippen molar-refractivity contribution < 1.29 is 9.53 Å². The van der Waals surface area contributed by atoms with Gasteiger partial charge < -0.3 is 4.74 Å². The minimum atomic E-state index is -0.104. The van der Waals surface area contributed by atoms with Crippen LogP contribution >= 0.6 is 31.9 Å². The van der Waals surface area contributed by atoms with Gasteiger partial charge in [-0.2, -0.15) is 0 Å². The van der Waals surface area contributed by atoms with Crippen LogP contribution in [-0.2, 0) is 0 Å². The van der Waals surface area contributed by atoms with Crippen LogP contribution in [0.4, 0.5) is 0 Å². The standard InChI is InChI=1S/C15H13Br2NO2/c1-8-5-13(20-3)9(2)4-11(8)15(19)14-12(17)6-10(16)7-18-14/h4-7H,1-3H3. The average molecular weight is 399 g/mol. The SMILES string of the molecule is COc1cc(C)c(C(=O)c2ncc(Br)cc2Br)cc1C. The number of pyridine rings is 1. The number of aromatic nitrogens is 1. The molecule has 0 saturated heterocycles. The number of ketones is 1. The van der Waals surface area contributed by atoms with Gasteiger partial charge in [0.2, 0.25) is 5.78 Å². The first-order valence-corrected chi connectivity index (χ1v) is 7.53. The van der Waals surface area contributed by atoms with Crippen LogP contribution in [0.1, 0.15) is 27.2 Å². The first-order valence-electron chi connectivity index (χ1n) is 5.95. The van der Waals surface area contributed by atoms with E-state index in [1.54, 1.807) is 13.3 Å². The molecular formula is C15H13Br2NO2. The molecule has 0 aliphatic rings. The predicted molar refractivity (Wildman–Crippen MR) is 85.5 cm³/mol. The number of nitrogens with zero attached hydrogens (tertiary/aromatic N) is 1. The summed E-state index contributed by atoms with van der Waals surface area (Å²) in [7, 11) is 1.62. The van der Waals surface area contributed by atoms with Gasteiger partial charge >= 0.3 is 0 Å². The van der Waals surface area contributed by atoms with Crippen molar-refractivity contribution in [3.05, 3.63) is 55.7 Å². The first-order chi connectivity index (χ1) is 9.43. The summed E-state index contributed by atoms with van der Waals surface area (Å²) in [4.78, 5) is 16.8. The van der Waals surface area contributed by atoms with Crippen LogP contribution in [0, 0.1) is 13.8 Å². The first kappa shape index (κ1) is 15.2. The maximum absolute atomic E-state index is 12.6. The van der Waals surface area contributed by atoms with Gasteiger partial charge in [-0.1, -0.05) is 0 Å². The van der Waals surface area contributed by atoms with Crippen LogP contribution < -0.4 is 4.74 Å². The van der Waals surface area contributed by atoms with E-state index in [-0.39, 0.29) is 5.78 Å². The molecule has 5 heteroatoms. The lowest BCUT2D eigenvalue weighted by Gasteiger charge is -2.11. The average Bonchev–Trinajstić information content (AvgIpc) is 2.40. The predicted octanol–water partition coefficient (Wildman–Crippen LogP) is 4.46. The highest BCUT2D eigenvalue weighted by molar-refractivity contribution is 9.11. The number of hydrogen-bond donors (Lipinski definition) is 0. The lowest BCUT2D eigenvalue weighted by Crippen LogP contribution is -2.08. The maximum Gasteiger partial charge on any atom is 0.212 e. The minimum Gasteiger partial charge on any atom is -0.496 e. The molecule has 0 aliphatic carbocycles. The maximum atomic E-state index is 12.6. The van der Waals surface area contributed by atoms with Crippen molar-refractivity contribution in [2.75, 3.05) is 7.11 Å². The molecule has 2 aromatic rings. The van der Waals surface area contributed by atoms with Crippen LogP contribution in [0.3, 0.4) is 0 Å². The molecule has 0 aliphatic heterocycles. The normalized spacial score (nSPS) is 10.4. The third-order valence-electron chi connectivity index (χ3n) is 3.01. The van der Waals surface area contributed by atoms with E-state index < -0.39 is 0 Å². The minimum absolute atomic E-state index is 0.104. The molecule has 1 aromatic carbocycles. The van der Waals surface area contributed by atoms with Crippen molar-refractivity contribution in [2.45, 2.75) is 13.8 Å². The van der Waals surface area contributed by atoms with E-state index in [4.69, 9.17) is 4.74 Å². The molecule has 0 amide bonds. The van der Waals surface area contributed by atoms with Crippen molar-refractivity contribution >= 4 is 37.6 Å². The number of aryl methyl sites for hydroxylation is 2. The van der Waals surface area contributed by atoms with Gasteiger partial charge in [0.05, 0.1) is 7.11 Å². The molecule has 0 saturated carbocycles. The summed E-state index contributed by atoms with van der Waals surface area (Å²) >= 11 is 6.70. The topological polar surface area (TPSA) is 39.2 Å². The Labute approximate surface area is 134 Å². The molecular weight excluding hydrogens is 386 g/mol. The van der Waals surface area contributed by atoms with E-state index in [1.807, 2.05) is 32.0 Å². The Morgan fingerprint density at radius 3 is 2.45 bits per heavy atom. The van der Waals surface area contributed by atoms with Crippen LogP contribution in [0.15, 0.2) is 33.3 Å². The molecule has 0 fully saturated rings. The Morgan fingerprint density at radius 2 is 1.85 bits per heavy atom. The molecule has 0 spiro atoms. The van der Waals surface area contributed by atoms with Crippen LogP contribution in [-0.4, -0.2) is 17.9 Å². The fraction of sp³-hybridized carbons (Fsp3) is 0.200. The van der Waals surface area contributed by atoms with E-state index in [9.17, 15) is 4.79 Å². The second-order valence-corrected chi connectivity index (χ2v) is 6.22. The number of ether oxygens (including phenoxy) is 1. The number of benzene rings is 1. The number of hydrogen-bond acceptors (Lipinski definition) is 3. The third kappa shape index (κ3) is 2.94. The summed E-state index contributed by atoms with van der Waals surface area (Å²) in [5.74, 6) is 0.675. The van der Waals surface area contributed by atoms with Crippen molar-refractivity contribution in [1.29, 1.82) is 0 Å². The molecule has 0 N–H and O–H groups in total. The number of carbonyl (C=O) groups excluding carboxylic acids is 1. The molecule has 0 unspecified atom stereocenters. The smallest absolute Gasteiger partial charge is 0.212 e. The van der Waals surface area contributed by atoms with E-state index in [0.29, 0.717) is 15.7 Å². The second-order valence-electron chi connectivity index (χ2n) is 4.45. The highest BCUT2D eigenvalue weighted by Crippen LogP contribution is 2.27. The summed E-state index contributed by atoms with van der Waals surface area (Å²) in [5.41, 5.74) is 2.84. The van der Waals surface area contributed by atoms with Crippen molar-refractivity contribution in [3.8, 4) is 5.75 Å². The molecule has 0 radical (unpaired) electrons. The molecule has 2 rings (SSSR count). The Bertz CT molecular complexity index is 684. The summed E-state index contributed by atoms with van der Waals surface area (Å²) in [6.45, 7) is 3.81. The highest BCUT2D eigenvalue weighted by Gasteiger charge is 2.18. The van der Waals surface area contributed by atoms with Crippen LogP contribution in [0.5, 0.6) is 5.75 Å². The van der Waals surface area contributed by atoms with Gasteiger partial charge in [-0.3, -0.25) is 9.78 Å². The molecule has 0 atom stereocenters. The highest BCUT2D eigenvalue weighted by atomic mass is 79.9. The number of rotatable bonds is 3. The molecule has 1 heterocycles. The molecule has 1 aromatic heterocycles.